The molecule has 2 nitrogen and oxygen atoms in total. The summed E-state index contributed by atoms with van der Waals surface area (Å²) < 4.78 is 5.91. The molecule has 0 unspecified atom stereocenters. The molecular weight excluding hydrogens is 246 g/mol. The standard InChI is InChI=1S/C18H35NO/c1-3-5-6-16-11-13-19(14-12-16)17-7-9-18(10-8-17)20-15-4-2/h16-18H,3-15H2,1-2H3/t17-,18-. The van der Waals surface area contributed by atoms with Crippen molar-refractivity contribution in [3.05, 3.63) is 0 Å². The van der Waals surface area contributed by atoms with Gasteiger partial charge in [0.2, 0.25) is 0 Å². The first kappa shape index (κ1) is 16.3. The van der Waals surface area contributed by atoms with E-state index in [1.807, 2.05) is 0 Å². The fraction of sp³-hybridized carbons (Fsp3) is 1.00. The van der Waals surface area contributed by atoms with Crippen molar-refractivity contribution in [2.75, 3.05) is 19.7 Å². The van der Waals surface area contributed by atoms with Crippen LogP contribution in [-0.2, 0) is 4.74 Å². The minimum Gasteiger partial charge on any atom is -0.378 e. The van der Waals surface area contributed by atoms with Crippen LogP contribution >= 0.6 is 0 Å². The van der Waals surface area contributed by atoms with E-state index < -0.39 is 0 Å². The maximum Gasteiger partial charge on any atom is 0.0576 e. The summed E-state index contributed by atoms with van der Waals surface area (Å²) in [7, 11) is 0. The van der Waals surface area contributed by atoms with Crippen LogP contribution < -0.4 is 0 Å². The van der Waals surface area contributed by atoms with Gasteiger partial charge in [-0.25, -0.2) is 0 Å². The van der Waals surface area contributed by atoms with Crippen LogP contribution in [0.4, 0.5) is 0 Å². The van der Waals surface area contributed by atoms with Crippen LogP contribution in [0.2, 0.25) is 0 Å². The van der Waals surface area contributed by atoms with Crippen LogP contribution in [0.5, 0.6) is 0 Å². The van der Waals surface area contributed by atoms with E-state index in [1.54, 1.807) is 0 Å². The smallest absolute Gasteiger partial charge is 0.0576 e. The molecule has 1 saturated carbocycles. The van der Waals surface area contributed by atoms with E-state index in [2.05, 4.69) is 18.7 Å². The molecule has 0 aromatic rings. The number of ether oxygens (including phenoxy) is 1. The molecule has 0 radical (unpaired) electrons. The van der Waals surface area contributed by atoms with Crippen molar-refractivity contribution in [2.45, 2.75) is 90.2 Å². The molecule has 1 heterocycles. The summed E-state index contributed by atoms with van der Waals surface area (Å²) in [6.45, 7) is 8.19. The van der Waals surface area contributed by atoms with Gasteiger partial charge in [-0.3, -0.25) is 0 Å². The summed E-state index contributed by atoms with van der Waals surface area (Å²) in [4.78, 5) is 2.79. The fourth-order valence-corrected chi connectivity index (χ4v) is 3.96. The fourth-order valence-electron chi connectivity index (χ4n) is 3.96. The van der Waals surface area contributed by atoms with Crippen molar-refractivity contribution in [2.24, 2.45) is 5.92 Å². The van der Waals surface area contributed by atoms with E-state index >= 15 is 0 Å². The predicted octanol–water partition coefficient (Wildman–Crippen LogP) is 4.63. The van der Waals surface area contributed by atoms with Gasteiger partial charge in [0, 0.05) is 12.6 Å². The van der Waals surface area contributed by atoms with Gasteiger partial charge in [0.15, 0.2) is 0 Å². The molecule has 0 spiro atoms. The lowest BCUT2D eigenvalue weighted by molar-refractivity contribution is 0.00186. The zero-order valence-corrected chi connectivity index (χ0v) is 13.8. The molecule has 0 bridgehead atoms. The number of hydrogen-bond donors (Lipinski definition) is 0. The summed E-state index contributed by atoms with van der Waals surface area (Å²) in [5.74, 6) is 1.02. The summed E-state index contributed by atoms with van der Waals surface area (Å²) in [5, 5.41) is 0. The van der Waals surface area contributed by atoms with Gasteiger partial charge in [0.1, 0.15) is 0 Å². The second kappa shape index (κ2) is 9.04. The summed E-state index contributed by atoms with van der Waals surface area (Å²) in [5.41, 5.74) is 0. The summed E-state index contributed by atoms with van der Waals surface area (Å²) >= 11 is 0. The minimum absolute atomic E-state index is 0.563. The first-order valence-electron chi connectivity index (χ1n) is 9.19. The molecule has 2 rings (SSSR count). The highest BCUT2D eigenvalue weighted by Gasteiger charge is 2.28. The molecule has 2 fully saturated rings. The Morgan fingerprint density at radius 3 is 2.20 bits per heavy atom. The number of likely N-dealkylation sites (tertiary alicyclic amines) is 1. The third-order valence-corrected chi connectivity index (χ3v) is 5.33. The monoisotopic (exact) mass is 281 g/mol. The Hall–Kier alpha value is -0.0800. The molecule has 0 aromatic heterocycles. The normalized spacial score (nSPS) is 29.7. The van der Waals surface area contributed by atoms with Gasteiger partial charge in [-0.15, -0.1) is 0 Å². The quantitative estimate of drug-likeness (QED) is 0.675. The molecule has 0 aromatic carbocycles. The zero-order valence-electron chi connectivity index (χ0n) is 13.8. The Labute approximate surface area is 126 Å². The molecule has 2 heteroatoms. The Balaban J connectivity index is 1.63. The van der Waals surface area contributed by atoms with Gasteiger partial charge in [-0.1, -0.05) is 33.1 Å². The Morgan fingerprint density at radius 1 is 0.900 bits per heavy atom. The van der Waals surface area contributed by atoms with E-state index in [0.29, 0.717) is 6.10 Å². The number of rotatable bonds is 7. The van der Waals surface area contributed by atoms with Crippen LogP contribution in [0.3, 0.4) is 0 Å². The molecule has 20 heavy (non-hydrogen) atoms. The molecule has 118 valence electrons. The van der Waals surface area contributed by atoms with Crippen molar-refractivity contribution in [3.8, 4) is 0 Å². The third-order valence-electron chi connectivity index (χ3n) is 5.33. The first-order valence-corrected chi connectivity index (χ1v) is 9.19. The molecule has 0 amide bonds. The van der Waals surface area contributed by atoms with Gasteiger partial charge >= 0.3 is 0 Å². The van der Waals surface area contributed by atoms with E-state index in [0.717, 1.165) is 25.0 Å². The Bertz CT molecular complexity index is 214. The second-order valence-electron chi connectivity index (χ2n) is 6.92. The first-order chi connectivity index (χ1) is 9.83. The number of piperidine rings is 1. The average molecular weight is 281 g/mol. The van der Waals surface area contributed by atoms with Crippen LogP contribution in [-0.4, -0.2) is 36.7 Å². The number of unbranched alkanes of at least 4 members (excludes halogenated alkanes) is 1. The van der Waals surface area contributed by atoms with Crippen molar-refractivity contribution in [3.63, 3.8) is 0 Å². The average Bonchev–Trinajstić information content (AvgIpc) is 2.52. The van der Waals surface area contributed by atoms with Gasteiger partial charge in [-0.2, -0.15) is 0 Å². The maximum absolute atomic E-state index is 5.91. The Morgan fingerprint density at radius 2 is 1.60 bits per heavy atom. The number of nitrogens with zero attached hydrogens (tertiary/aromatic N) is 1. The maximum atomic E-state index is 5.91. The molecule has 0 atom stereocenters. The lowest BCUT2D eigenvalue weighted by Gasteiger charge is -2.40. The largest absolute Gasteiger partial charge is 0.378 e. The van der Waals surface area contributed by atoms with Crippen LogP contribution in [0.15, 0.2) is 0 Å². The van der Waals surface area contributed by atoms with Crippen molar-refractivity contribution in [1.82, 2.24) is 4.90 Å². The SMILES string of the molecule is CCCCC1CCN([C@H]2CC[C@H](OCCC)CC2)CC1. The highest BCUT2D eigenvalue weighted by atomic mass is 16.5. The van der Waals surface area contributed by atoms with Crippen LogP contribution in [0.1, 0.15) is 78.1 Å². The molecule has 1 aliphatic carbocycles. The highest BCUT2D eigenvalue weighted by molar-refractivity contribution is 4.83. The van der Waals surface area contributed by atoms with Crippen molar-refractivity contribution < 1.29 is 4.74 Å². The van der Waals surface area contributed by atoms with Crippen molar-refractivity contribution in [1.29, 1.82) is 0 Å². The summed E-state index contributed by atoms with van der Waals surface area (Å²) in [6.07, 6.45) is 14.2. The zero-order chi connectivity index (χ0) is 14.2. The lowest BCUT2D eigenvalue weighted by atomic mass is 9.87. The summed E-state index contributed by atoms with van der Waals surface area (Å²) in [6, 6.07) is 0.864. The minimum atomic E-state index is 0.563. The van der Waals surface area contributed by atoms with Crippen LogP contribution in [0, 0.1) is 5.92 Å². The third kappa shape index (κ3) is 5.04. The van der Waals surface area contributed by atoms with E-state index in [4.69, 9.17) is 4.74 Å². The molecule has 2 aliphatic rings. The second-order valence-corrected chi connectivity index (χ2v) is 6.92. The Kier molecular flexibility index (Phi) is 7.37. The van der Waals surface area contributed by atoms with Crippen molar-refractivity contribution >= 4 is 0 Å². The van der Waals surface area contributed by atoms with Gasteiger partial charge in [0.25, 0.3) is 0 Å². The molecule has 1 saturated heterocycles. The lowest BCUT2D eigenvalue weighted by Crippen LogP contribution is -2.44. The van der Waals surface area contributed by atoms with Gasteiger partial charge in [-0.05, 0) is 64.0 Å². The number of hydrogen-bond acceptors (Lipinski definition) is 2. The van der Waals surface area contributed by atoms with Gasteiger partial charge < -0.3 is 9.64 Å². The van der Waals surface area contributed by atoms with E-state index in [-0.39, 0.29) is 0 Å². The molecule has 0 N–H and O–H groups in total. The van der Waals surface area contributed by atoms with Crippen LogP contribution in [0.25, 0.3) is 0 Å². The van der Waals surface area contributed by atoms with E-state index in [9.17, 15) is 0 Å². The highest BCUT2D eigenvalue weighted by Crippen LogP contribution is 2.30. The topological polar surface area (TPSA) is 12.5 Å². The molecule has 1 aliphatic heterocycles. The predicted molar refractivity (Wildman–Crippen MR) is 86.1 cm³/mol. The van der Waals surface area contributed by atoms with E-state index in [1.165, 1.54) is 70.9 Å². The molecular formula is C18H35NO. The van der Waals surface area contributed by atoms with Gasteiger partial charge in [0.05, 0.1) is 6.10 Å².